The summed E-state index contributed by atoms with van der Waals surface area (Å²) in [5, 5.41) is 0. The van der Waals surface area contributed by atoms with E-state index < -0.39 is 0 Å². The van der Waals surface area contributed by atoms with Crippen molar-refractivity contribution < 1.29 is 9.59 Å². The van der Waals surface area contributed by atoms with Gasteiger partial charge in [-0.3, -0.25) is 14.6 Å². The number of hydrogen-bond acceptors (Lipinski definition) is 3. The Morgan fingerprint density at radius 3 is 2.50 bits per heavy atom. The second kappa shape index (κ2) is 6.50. The molecule has 1 aliphatic heterocycles. The molecule has 0 radical (unpaired) electrons. The summed E-state index contributed by atoms with van der Waals surface area (Å²) in [6.45, 7) is 6.78. The Labute approximate surface area is 119 Å². The van der Waals surface area contributed by atoms with Crippen LogP contribution in [0.1, 0.15) is 47.5 Å². The second-order valence-electron chi connectivity index (χ2n) is 4.91. The van der Waals surface area contributed by atoms with Gasteiger partial charge in [0.2, 0.25) is 0 Å². The van der Waals surface area contributed by atoms with Crippen LogP contribution in [0.5, 0.6) is 0 Å². The highest BCUT2D eigenvalue weighted by Crippen LogP contribution is 2.13. The zero-order valence-corrected chi connectivity index (χ0v) is 12.1. The van der Waals surface area contributed by atoms with Gasteiger partial charge in [0.25, 0.3) is 11.8 Å². The number of carbonyl (C=O) groups is 2. The number of nitrogens with zero attached hydrogens (tertiary/aromatic N) is 3. The van der Waals surface area contributed by atoms with E-state index in [4.69, 9.17) is 0 Å². The predicted molar refractivity (Wildman–Crippen MR) is 76.6 cm³/mol. The fraction of sp³-hybridized carbons (Fsp3) is 0.533. The molecule has 1 aromatic heterocycles. The van der Waals surface area contributed by atoms with Crippen LogP contribution in [0.4, 0.5) is 0 Å². The molecular weight excluding hydrogens is 254 g/mol. The fourth-order valence-corrected chi connectivity index (χ4v) is 2.46. The molecule has 0 unspecified atom stereocenters. The SMILES string of the molecule is CCN(CC)C(=O)c1ccnc(C(=O)N2CCCC2)c1. The number of likely N-dealkylation sites (tertiary alicyclic amines) is 1. The first kappa shape index (κ1) is 14.5. The molecule has 1 saturated heterocycles. The third-order valence-electron chi connectivity index (χ3n) is 3.67. The summed E-state index contributed by atoms with van der Waals surface area (Å²) in [6.07, 6.45) is 3.63. The van der Waals surface area contributed by atoms with Gasteiger partial charge in [0.15, 0.2) is 0 Å². The van der Waals surface area contributed by atoms with Crippen LogP contribution in [-0.4, -0.2) is 52.8 Å². The van der Waals surface area contributed by atoms with Gasteiger partial charge in [-0.2, -0.15) is 0 Å². The van der Waals surface area contributed by atoms with Crippen molar-refractivity contribution in [1.82, 2.24) is 14.8 Å². The molecule has 0 spiro atoms. The molecular formula is C15H21N3O2. The van der Waals surface area contributed by atoms with Crippen molar-refractivity contribution in [2.24, 2.45) is 0 Å². The lowest BCUT2D eigenvalue weighted by Gasteiger charge is -2.19. The number of rotatable bonds is 4. The summed E-state index contributed by atoms with van der Waals surface area (Å²) in [7, 11) is 0. The summed E-state index contributed by atoms with van der Waals surface area (Å²) >= 11 is 0. The van der Waals surface area contributed by atoms with Crippen molar-refractivity contribution in [3.8, 4) is 0 Å². The minimum Gasteiger partial charge on any atom is -0.339 e. The highest BCUT2D eigenvalue weighted by Gasteiger charge is 2.22. The number of carbonyl (C=O) groups excluding carboxylic acids is 2. The lowest BCUT2D eigenvalue weighted by Crippen LogP contribution is -2.31. The minimum absolute atomic E-state index is 0.0483. The molecule has 1 aromatic rings. The predicted octanol–water partition coefficient (Wildman–Crippen LogP) is 1.80. The minimum atomic E-state index is -0.0725. The average molecular weight is 275 g/mol. The smallest absolute Gasteiger partial charge is 0.272 e. The van der Waals surface area contributed by atoms with E-state index in [1.807, 2.05) is 13.8 Å². The Balaban J connectivity index is 2.19. The van der Waals surface area contributed by atoms with Crippen LogP contribution in [0.15, 0.2) is 18.3 Å². The first-order chi connectivity index (χ1) is 9.67. The number of hydrogen-bond donors (Lipinski definition) is 0. The molecule has 2 heterocycles. The van der Waals surface area contributed by atoms with E-state index >= 15 is 0 Å². The quantitative estimate of drug-likeness (QED) is 0.842. The molecule has 1 fully saturated rings. The van der Waals surface area contributed by atoms with Crippen molar-refractivity contribution in [1.29, 1.82) is 0 Å². The zero-order chi connectivity index (χ0) is 14.5. The van der Waals surface area contributed by atoms with Crippen LogP contribution in [-0.2, 0) is 0 Å². The number of amides is 2. The number of pyridine rings is 1. The second-order valence-corrected chi connectivity index (χ2v) is 4.91. The van der Waals surface area contributed by atoms with Crippen LogP contribution < -0.4 is 0 Å². The first-order valence-corrected chi connectivity index (χ1v) is 7.22. The van der Waals surface area contributed by atoms with E-state index in [2.05, 4.69) is 4.98 Å². The molecule has 0 bridgehead atoms. The molecule has 20 heavy (non-hydrogen) atoms. The molecule has 5 nitrogen and oxygen atoms in total. The summed E-state index contributed by atoms with van der Waals surface area (Å²) in [5.74, 6) is -0.121. The first-order valence-electron chi connectivity index (χ1n) is 7.22. The highest BCUT2D eigenvalue weighted by atomic mass is 16.2. The van der Waals surface area contributed by atoms with Crippen LogP contribution in [0.3, 0.4) is 0 Å². The molecule has 5 heteroatoms. The lowest BCUT2D eigenvalue weighted by molar-refractivity contribution is 0.0772. The molecule has 2 rings (SSSR count). The van der Waals surface area contributed by atoms with E-state index in [1.54, 1.807) is 28.1 Å². The Kier molecular flexibility index (Phi) is 4.71. The molecule has 2 amide bonds. The number of aromatic nitrogens is 1. The van der Waals surface area contributed by atoms with Gasteiger partial charge in [-0.05, 0) is 38.8 Å². The Morgan fingerprint density at radius 2 is 1.90 bits per heavy atom. The van der Waals surface area contributed by atoms with E-state index in [9.17, 15) is 9.59 Å². The average Bonchev–Trinajstić information content (AvgIpc) is 3.02. The van der Waals surface area contributed by atoms with Crippen molar-refractivity contribution in [3.63, 3.8) is 0 Å². The van der Waals surface area contributed by atoms with E-state index in [1.165, 1.54) is 0 Å². The van der Waals surface area contributed by atoms with Crippen molar-refractivity contribution in [2.75, 3.05) is 26.2 Å². The van der Waals surface area contributed by atoms with Crippen LogP contribution in [0.25, 0.3) is 0 Å². The maximum absolute atomic E-state index is 12.3. The molecule has 1 aliphatic rings. The van der Waals surface area contributed by atoms with E-state index in [-0.39, 0.29) is 11.8 Å². The third kappa shape index (κ3) is 2.98. The van der Waals surface area contributed by atoms with Gasteiger partial charge < -0.3 is 9.80 Å². The monoisotopic (exact) mass is 275 g/mol. The molecule has 0 atom stereocenters. The summed E-state index contributed by atoms with van der Waals surface area (Å²) in [4.78, 5) is 32.2. The highest BCUT2D eigenvalue weighted by molar-refractivity contribution is 5.98. The fourth-order valence-electron chi connectivity index (χ4n) is 2.46. The van der Waals surface area contributed by atoms with Crippen molar-refractivity contribution in [3.05, 3.63) is 29.6 Å². The van der Waals surface area contributed by atoms with E-state index in [0.29, 0.717) is 24.3 Å². The van der Waals surface area contributed by atoms with Gasteiger partial charge in [-0.15, -0.1) is 0 Å². The molecule has 0 aliphatic carbocycles. The standard InChI is InChI=1S/C15H21N3O2/c1-3-17(4-2)14(19)12-7-8-16-13(11-12)15(20)18-9-5-6-10-18/h7-8,11H,3-6,9-10H2,1-2H3. The maximum Gasteiger partial charge on any atom is 0.272 e. The summed E-state index contributed by atoms with van der Waals surface area (Å²) < 4.78 is 0. The van der Waals surface area contributed by atoms with Crippen LogP contribution in [0.2, 0.25) is 0 Å². The Bertz CT molecular complexity index is 462. The summed E-state index contributed by atoms with van der Waals surface area (Å²) in [5.41, 5.74) is 0.899. The molecule has 0 N–H and O–H groups in total. The van der Waals surface area contributed by atoms with Gasteiger partial charge in [0.05, 0.1) is 0 Å². The Hall–Kier alpha value is -1.91. The third-order valence-corrected chi connectivity index (χ3v) is 3.67. The van der Waals surface area contributed by atoms with Crippen LogP contribution in [0, 0.1) is 0 Å². The Morgan fingerprint density at radius 1 is 1.25 bits per heavy atom. The molecule has 0 aromatic carbocycles. The van der Waals surface area contributed by atoms with Crippen molar-refractivity contribution >= 4 is 11.8 Å². The van der Waals surface area contributed by atoms with Gasteiger partial charge in [0.1, 0.15) is 5.69 Å². The van der Waals surface area contributed by atoms with Gasteiger partial charge >= 0.3 is 0 Å². The largest absolute Gasteiger partial charge is 0.339 e. The summed E-state index contributed by atoms with van der Waals surface area (Å²) in [6, 6.07) is 3.28. The normalized spacial score (nSPS) is 14.4. The van der Waals surface area contributed by atoms with Gasteiger partial charge in [-0.25, -0.2) is 0 Å². The lowest BCUT2D eigenvalue weighted by atomic mass is 10.2. The van der Waals surface area contributed by atoms with Gasteiger partial charge in [0, 0.05) is 37.9 Å². The molecule has 108 valence electrons. The topological polar surface area (TPSA) is 53.5 Å². The maximum atomic E-state index is 12.3. The van der Waals surface area contributed by atoms with E-state index in [0.717, 1.165) is 25.9 Å². The zero-order valence-electron chi connectivity index (χ0n) is 12.1. The van der Waals surface area contributed by atoms with Crippen molar-refractivity contribution in [2.45, 2.75) is 26.7 Å². The molecule has 0 saturated carbocycles. The van der Waals surface area contributed by atoms with Gasteiger partial charge in [-0.1, -0.05) is 0 Å². The van der Waals surface area contributed by atoms with Crippen LogP contribution >= 0.6 is 0 Å².